The van der Waals surface area contributed by atoms with E-state index in [1.165, 1.54) is 6.20 Å². The van der Waals surface area contributed by atoms with Gasteiger partial charge in [0.1, 0.15) is 22.6 Å². The van der Waals surface area contributed by atoms with Crippen LogP contribution in [0, 0.1) is 6.92 Å². The molecule has 4 rings (SSSR count). The first-order chi connectivity index (χ1) is 20.5. The minimum atomic E-state index is -3.22. The summed E-state index contributed by atoms with van der Waals surface area (Å²) in [5.74, 6) is -2.66. The molecule has 0 unspecified atom stereocenters. The highest BCUT2D eigenvalue weighted by Gasteiger charge is 2.50. The van der Waals surface area contributed by atoms with Gasteiger partial charge in [-0.05, 0) is 31.4 Å². The molecule has 1 aromatic heterocycles. The summed E-state index contributed by atoms with van der Waals surface area (Å²) in [4.78, 5) is 57.4. The van der Waals surface area contributed by atoms with Crippen LogP contribution < -0.4 is 16.0 Å². The number of thiazole rings is 1. The lowest BCUT2D eigenvalue weighted by molar-refractivity contribution is -0.148. The van der Waals surface area contributed by atoms with Crippen molar-refractivity contribution in [2.45, 2.75) is 57.0 Å². The van der Waals surface area contributed by atoms with Crippen LogP contribution >= 0.6 is 11.3 Å². The lowest BCUT2D eigenvalue weighted by atomic mass is 9.94. The van der Waals surface area contributed by atoms with Gasteiger partial charge in [0.15, 0.2) is 5.78 Å². The SMILES string of the molecule is Cc1ncc(C(=O)N[C@@H](Cc2ccccc2)C(=O)N[C@@H](COC(F)F)C(=O)N[C@@H](Cc2ccccc2)C(=O)[C@]2(C)CO2)s1. The number of nitrogens with one attached hydrogen (secondary N) is 3. The van der Waals surface area contributed by atoms with Gasteiger partial charge in [0.25, 0.3) is 5.91 Å². The molecular weight excluding hydrogens is 582 g/mol. The van der Waals surface area contributed by atoms with E-state index in [0.717, 1.165) is 16.9 Å². The summed E-state index contributed by atoms with van der Waals surface area (Å²) in [5.41, 5.74) is 0.378. The molecule has 2 heterocycles. The number of amides is 3. The number of epoxide rings is 1. The topological polar surface area (TPSA) is 139 Å². The molecule has 1 saturated heterocycles. The first kappa shape index (κ1) is 31.9. The summed E-state index contributed by atoms with van der Waals surface area (Å²) in [5, 5.41) is 8.34. The van der Waals surface area contributed by atoms with Gasteiger partial charge in [-0.25, -0.2) is 4.98 Å². The third-order valence-corrected chi connectivity index (χ3v) is 7.70. The van der Waals surface area contributed by atoms with Crippen LogP contribution in [0.5, 0.6) is 0 Å². The van der Waals surface area contributed by atoms with E-state index in [0.29, 0.717) is 10.6 Å². The quantitative estimate of drug-likeness (QED) is 0.224. The summed E-state index contributed by atoms with van der Waals surface area (Å²) in [6.45, 7) is -0.591. The standard InChI is InChI=1S/C30H32F2N4O6S/c1-18-33-15-24(43-18)28(40)35-22(14-20-11-7-4-8-12-20)26(38)36-23(16-41-29(31)32)27(39)34-21(25(37)30(2)17-42-30)13-19-9-5-3-6-10-19/h3-12,15,21-23,29H,13-14,16-17H2,1-2H3,(H,34,39)(H,35,40)(H,36,38)/t21-,22-,23-,30-/m0/s1. The molecule has 0 aliphatic carbocycles. The number of ketones is 1. The Morgan fingerprint density at radius 2 is 1.44 bits per heavy atom. The van der Waals surface area contributed by atoms with Gasteiger partial charge in [0.2, 0.25) is 11.8 Å². The minimum absolute atomic E-state index is 0.0467. The molecule has 1 aliphatic heterocycles. The van der Waals surface area contributed by atoms with Crippen LogP contribution in [0.1, 0.15) is 32.7 Å². The van der Waals surface area contributed by atoms with Gasteiger partial charge in [0, 0.05) is 6.42 Å². The fraction of sp³-hybridized carbons (Fsp3) is 0.367. The number of hydrogen-bond donors (Lipinski definition) is 3. The molecule has 0 radical (unpaired) electrons. The molecular formula is C30H32F2N4O6S. The molecule has 1 fully saturated rings. The van der Waals surface area contributed by atoms with Crippen molar-refractivity contribution in [3.8, 4) is 0 Å². The van der Waals surface area contributed by atoms with Crippen LogP contribution in [0.15, 0.2) is 66.9 Å². The Kier molecular flexibility index (Phi) is 10.7. The van der Waals surface area contributed by atoms with E-state index < -0.39 is 60.4 Å². The van der Waals surface area contributed by atoms with E-state index >= 15 is 0 Å². The number of carbonyl (C=O) groups is 4. The molecule has 3 aromatic rings. The number of nitrogens with zero attached hydrogens (tertiary/aromatic N) is 1. The van der Waals surface area contributed by atoms with E-state index in [2.05, 4.69) is 25.7 Å². The maximum Gasteiger partial charge on any atom is 0.345 e. The number of aryl methyl sites for hydroxylation is 1. The number of hydrogen-bond acceptors (Lipinski definition) is 8. The Morgan fingerprint density at radius 3 is 1.95 bits per heavy atom. The predicted molar refractivity (Wildman–Crippen MR) is 154 cm³/mol. The van der Waals surface area contributed by atoms with Crippen LogP contribution in [0.3, 0.4) is 0 Å². The van der Waals surface area contributed by atoms with Gasteiger partial charge in [-0.1, -0.05) is 60.7 Å². The van der Waals surface area contributed by atoms with Gasteiger partial charge >= 0.3 is 6.61 Å². The second-order valence-electron chi connectivity index (χ2n) is 10.2. The predicted octanol–water partition coefficient (Wildman–Crippen LogP) is 2.60. The second-order valence-corrected chi connectivity index (χ2v) is 11.5. The van der Waals surface area contributed by atoms with Crippen molar-refractivity contribution in [2.24, 2.45) is 0 Å². The number of halogens is 2. The number of rotatable bonds is 15. The molecule has 228 valence electrons. The van der Waals surface area contributed by atoms with E-state index in [1.54, 1.807) is 74.5 Å². The van der Waals surface area contributed by atoms with Crippen LogP contribution in [-0.2, 0) is 36.7 Å². The van der Waals surface area contributed by atoms with E-state index in [4.69, 9.17) is 4.74 Å². The molecule has 4 atom stereocenters. The van der Waals surface area contributed by atoms with Gasteiger partial charge < -0.3 is 25.4 Å². The first-order valence-electron chi connectivity index (χ1n) is 13.5. The second kappa shape index (κ2) is 14.4. The molecule has 0 spiro atoms. The fourth-order valence-electron chi connectivity index (χ4n) is 4.33. The lowest BCUT2D eigenvalue weighted by Crippen LogP contribution is -2.58. The van der Waals surface area contributed by atoms with Crippen LogP contribution in [0.4, 0.5) is 8.78 Å². The van der Waals surface area contributed by atoms with Crippen molar-refractivity contribution < 1.29 is 37.4 Å². The van der Waals surface area contributed by atoms with E-state index in [-0.39, 0.29) is 24.3 Å². The van der Waals surface area contributed by atoms with Crippen molar-refractivity contribution in [3.05, 3.63) is 87.9 Å². The number of carbonyl (C=O) groups excluding carboxylic acids is 4. The number of ether oxygens (including phenoxy) is 2. The van der Waals surface area contributed by atoms with Crippen molar-refractivity contribution in [2.75, 3.05) is 13.2 Å². The van der Waals surface area contributed by atoms with Crippen molar-refractivity contribution in [1.29, 1.82) is 0 Å². The smallest absolute Gasteiger partial charge is 0.345 e. The molecule has 43 heavy (non-hydrogen) atoms. The third-order valence-electron chi connectivity index (χ3n) is 6.79. The highest BCUT2D eigenvalue weighted by Crippen LogP contribution is 2.29. The summed E-state index contributed by atoms with van der Waals surface area (Å²) in [7, 11) is 0. The number of Topliss-reactive ketones (excluding diaryl/α,β-unsaturated/α-hetero) is 1. The third kappa shape index (κ3) is 9.21. The average Bonchev–Trinajstić information content (AvgIpc) is 3.59. The number of benzene rings is 2. The monoisotopic (exact) mass is 614 g/mol. The number of alkyl halides is 2. The molecule has 0 saturated carbocycles. The summed E-state index contributed by atoms with van der Waals surface area (Å²) < 4.78 is 35.8. The highest BCUT2D eigenvalue weighted by molar-refractivity contribution is 7.13. The largest absolute Gasteiger partial charge is 0.361 e. The van der Waals surface area contributed by atoms with Crippen molar-refractivity contribution in [3.63, 3.8) is 0 Å². The van der Waals surface area contributed by atoms with Gasteiger partial charge in [-0.3, -0.25) is 19.2 Å². The van der Waals surface area contributed by atoms with Crippen molar-refractivity contribution >= 4 is 34.8 Å². The molecule has 0 bridgehead atoms. The van der Waals surface area contributed by atoms with E-state index in [1.807, 2.05) is 0 Å². The normalized spacial score (nSPS) is 17.9. The Morgan fingerprint density at radius 1 is 0.907 bits per heavy atom. The van der Waals surface area contributed by atoms with E-state index in [9.17, 15) is 28.0 Å². The Bertz CT molecular complexity index is 1420. The summed E-state index contributed by atoms with van der Waals surface area (Å²) in [6, 6.07) is 13.9. The van der Waals surface area contributed by atoms with Gasteiger partial charge in [0.05, 0.1) is 30.5 Å². The number of aromatic nitrogens is 1. The zero-order valence-electron chi connectivity index (χ0n) is 23.5. The van der Waals surface area contributed by atoms with Crippen molar-refractivity contribution in [1.82, 2.24) is 20.9 Å². The maximum absolute atomic E-state index is 13.5. The van der Waals surface area contributed by atoms with Gasteiger partial charge in [-0.15, -0.1) is 11.3 Å². The molecule has 3 N–H and O–H groups in total. The fourth-order valence-corrected chi connectivity index (χ4v) is 5.01. The summed E-state index contributed by atoms with van der Waals surface area (Å²) in [6.07, 6.45) is 1.54. The Labute approximate surface area is 251 Å². The molecule has 2 aromatic carbocycles. The Hall–Kier alpha value is -4.07. The first-order valence-corrected chi connectivity index (χ1v) is 14.4. The summed E-state index contributed by atoms with van der Waals surface area (Å²) >= 11 is 1.14. The maximum atomic E-state index is 13.5. The zero-order valence-corrected chi connectivity index (χ0v) is 24.4. The average molecular weight is 615 g/mol. The van der Waals surface area contributed by atoms with Gasteiger partial charge in [-0.2, -0.15) is 8.78 Å². The zero-order chi connectivity index (χ0) is 31.0. The molecule has 10 nitrogen and oxygen atoms in total. The highest BCUT2D eigenvalue weighted by atomic mass is 32.1. The van der Waals surface area contributed by atoms with Crippen LogP contribution in [0.2, 0.25) is 0 Å². The molecule has 1 aliphatic rings. The molecule has 3 amide bonds. The lowest BCUT2D eigenvalue weighted by Gasteiger charge is -2.26. The minimum Gasteiger partial charge on any atom is -0.361 e. The van der Waals surface area contributed by atoms with Crippen LogP contribution in [-0.4, -0.2) is 72.0 Å². The molecule has 13 heteroatoms. The van der Waals surface area contributed by atoms with Crippen LogP contribution in [0.25, 0.3) is 0 Å². The Balaban J connectivity index is 1.53.